The molecule has 2 unspecified atom stereocenters. The van der Waals surface area contributed by atoms with E-state index >= 15 is 0 Å². The second-order valence-electron chi connectivity index (χ2n) is 7.08. The summed E-state index contributed by atoms with van der Waals surface area (Å²) in [4.78, 5) is 12.1. The molecular weight excluding hydrogens is 327 g/mol. The molecule has 2 aromatic carbocycles. The van der Waals surface area contributed by atoms with Crippen molar-refractivity contribution in [3.05, 3.63) is 58.1 Å². The molecule has 0 saturated carbocycles. The maximum atomic E-state index is 12.1. The lowest BCUT2D eigenvalue weighted by Gasteiger charge is -2.32. The number of Topliss-reactive ketones (excluding diaryl/α,β-unsaturated/α-hetero) is 1. The second kappa shape index (κ2) is 7.70. The molecule has 0 aliphatic heterocycles. The summed E-state index contributed by atoms with van der Waals surface area (Å²) in [5.41, 5.74) is 5.62. The van der Waals surface area contributed by atoms with Crippen molar-refractivity contribution < 1.29 is 9.53 Å². The zero-order valence-corrected chi connectivity index (χ0v) is 17.4. The van der Waals surface area contributed by atoms with Crippen LogP contribution in [0.1, 0.15) is 59.8 Å². The molecule has 0 bridgehead atoms. The average molecular weight is 356 g/mol. The van der Waals surface area contributed by atoms with Crippen molar-refractivity contribution in [2.45, 2.75) is 53.1 Å². The van der Waals surface area contributed by atoms with Crippen LogP contribution in [0.4, 0.5) is 0 Å². The lowest BCUT2D eigenvalue weighted by molar-refractivity contribution is 0.101. The van der Waals surface area contributed by atoms with E-state index < -0.39 is 0 Å². The van der Waals surface area contributed by atoms with Gasteiger partial charge in [0.25, 0.3) is 0 Å². The van der Waals surface area contributed by atoms with E-state index in [9.17, 15) is 4.79 Å². The Kier molecular flexibility index (Phi) is 6.06. The van der Waals surface area contributed by atoms with E-state index in [1.54, 1.807) is 14.0 Å². The van der Waals surface area contributed by atoms with Gasteiger partial charge in [-0.3, -0.25) is 4.79 Å². The van der Waals surface area contributed by atoms with Gasteiger partial charge in [0.2, 0.25) is 0 Å². The standard InChI is InChI=1S/C22H29O2P/c1-8-22(6,19-13-15(3)11-16(4)21(19)24-7)25-20-10-9-14(2)12-18(20)17(5)23/h9-13,25H,8H2,1-7H3. The van der Waals surface area contributed by atoms with Crippen LogP contribution in [0.25, 0.3) is 0 Å². The summed E-state index contributed by atoms with van der Waals surface area (Å²) in [6, 6.07) is 10.6. The molecule has 2 rings (SSSR count). The Morgan fingerprint density at radius 1 is 1.12 bits per heavy atom. The van der Waals surface area contributed by atoms with Gasteiger partial charge in [0.05, 0.1) is 7.11 Å². The number of carbonyl (C=O) groups is 1. The normalized spacial score (nSPS) is 13.9. The number of benzene rings is 2. The van der Waals surface area contributed by atoms with Crippen molar-refractivity contribution in [3.63, 3.8) is 0 Å². The molecule has 0 saturated heterocycles. The van der Waals surface area contributed by atoms with Crippen LogP contribution in [-0.4, -0.2) is 12.9 Å². The van der Waals surface area contributed by atoms with Gasteiger partial charge in [0, 0.05) is 16.3 Å². The number of carbonyl (C=O) groups excluding carboxylic acids is 1. The predicted octanol–water partition coefficient (Wildman–Crippen LogP) is 5.45. The number of methoxy groups -OCH3 is 1. The van der Waals surface area contributed by atoms with Crippen LogP contribution in [0.2, 0.25) is 0 Å². The van der Waals surface area contributed by atoms with E-state index in [2.05, 4.69) is 52.0 Å². The topological polar surface area (TPSA) is 26.3 Å². The van der Waals surface area contributed by atoms with Crippen LogP contribution in [-0.2, 0) is 5.16 Å². The predicted molar refractivity (Wildman–Crippen MR) is 109 cm³/mol. The average Bonchev–Trinajstić information content (AvgIpc) is 2.55. The third-order valence-corrected chi connectivity index (χ3v) is 6.77. The molecule has 2 aromatic rings. The Bertz CT molecular complexity index is 795. The largest absolute Gasteiger partial charge is 0.496 e. The molecule has 3 heteroatoms. The minimum Gasteiger partial charge on any atom is -0.496 e. The number of aryl methyl sites for hydroxylation is 3. The number of ether oxygens (including phenoxy) is 1. The number of hydrogen-bond acceptors (Lipinski definition) is 2. The fourth-order valence-electron chi connectivity index (χ4n) is 3.34. The lowest BCUT2D eigenvalue weighted by atomic mass is 9.92. The molecule has 0 fully saturated rings. The van der Waals surface area contributed by atoms with Crippen molar-refractivity contribution in [1.29, 1.82) is 0 Å². The van der Waals surface area contributed by atoms with Crippen molar-refractivity contribution in [3.8, 4) is 5.75 Å². The Hall–Kier alpha value is -1.66. The molecular formula is C22H29O2P. The fraction of sp³-hybridized carbons (Fsp3) is 0.409. The summed E-state index contributed by atoms with van der Waals surface area (Å²) in [6.45, 7) is 12.4. The van der Waals surface area contributed by atoms with Crippen LogP contribution in [0, 0.1) is 20.8 Å². The molecule has 0 amide bonds. The molecule has 0 radical (unpaired) electrons. The van der Waals surface area contributed by atoms with Gasteiger partial charge in [-0.1, -0.05) is 57.8 Å². The second-order valence-corrected chi connectivity index (χ2v) is 8.97. The molecule has 0 heterocycles. The van der Waals surface area contributed by atoms with Crippen molar-refractivity contribution in [2.24, 2.45) is 0 Å². The van der Waals surface area contributed by atoms with Gasteiger partial charge in [-0.2, -0.15) is 0 Å². The summed E-state index contributed by atoms with van der Waals surface area (Å²) in [6.07, 6.45) is 0.982. The van der Waals surface area contributed by atoms with Gasteiger partial charge in [0.1, 0.15) is 5.75 Å². The van der Waals surface area contributed by atoms with E-state index in [-0.39, 0.29) is 10.9 Å². The minimum absolute atomic E-state index is 0.0679. The number of rotatable bonds is 6. The van der Waals surface area contributed by atoms with E-state index in [0.717, 1.165) is 34.2 Å². The van der Waals surface area contributed by atoms with E-state index in [1.807, 2.05) is 13.0 Å². The van der Waals surface area contributed by atoms with Gasteiger partial charge < -0.3 is 4.74 Å². The molecule has 0 spiro atoms. The molecule has 2 nitrogen and oxygen atoms in total. The van der Waals surface area contributed by atoms with Gasteiger partial charge in [0.15, 0.2) is 5.78 Å². The summed E-state index contributed by atoms with van der Waals surface area (Å²) in [5, 5.41) is 1.07. The lowest BCUT2D eigenvalue weighted by Crippen LogP contribution is -2.22. The fourth-order valence-corrected chi connectivity index (χ4v) is 4.98. The number of ketones is 1. The number of hydrogen-bond donors (Lipinski definition) is 0. The molecule has 2 atom stereocenters. The summed E-state index contributed by atoms with van der Waals surface area (Å²) < 4.78 is 5.75. The Balaban J connectivity index is 2.59. The smallest absolute Gasteiger partial charge is 0.160 e. The van der Waals surface area contributed by atoms with Crippen LogP contribution in [0.3, 0.4) is 0 Å². The summed E-state index contributed by atoms with van der Waals surface area (Å²) >= 11 is 0. The molecule has 0 N–H and O–H groups in total. The highest BCUT2D eigenvalue weighted by Gasteiger charge is 2.30. The van der Waals surface area contributed by atoms with Crippen LogP contribution >= 0.6 is 8.58 Å². The minimum atomic E-state index is -0.0679. The highest BCUT2D eigenvalue weighted by molar-refractivity contribution is 7.48. The highest BCUT2D eigenvalue weighted by atomic mass is 31.1. The zero-order valence-electron chi connectivity index (χ0n) is 16.4. The van der Waals surface area contributed by atoms with Gasteiger partial charge in [-0.05, 0) is 51.1 Å². The zero-order chi connectivity index (χ0) is 18.8. The van der Waals surface area contributed by atoms with Crippen LogP contribution < -0.4 is 10.0 Å². The summed E-state index contributed by atoms with van der Waals surface area (Å²) in [5.74, 6) is 1.11. The monoisotopic (exact) mass is 356 g/mol. The maximum Gasteiger partial charge on any atom is 0.160 e. The Morgan fingerprint density at radius 3 is 2.36 bits per heavy atom. The maximum absolute atomic E-state index is 12.1. The molecule has 134 valence electrons. The van der Waals surface area contributed by atoms with Gasteiger partial charge in [-0.15, -0.1) is 0 Å². The summed E-state index contributed by atoms with van der Waals surface area (Å²) in [7, 11) is 2.25. The highest BCUT2D eigenvalue weighted by Crippen LogP contribution is 2.48. The molecule has 25 heavy (non-hydrogen) atoms. The quantitative estimate of drug-likeness (QED) is 0.508. The third kappa shape index (κ3) is 4.12. The molecule has 0 aromatic heterocycles. The van der Waals surface area contributed by atoms with Crippen LogP contribution in [0.15, 0.2) is 30.3 Å². The molecule has 0 aliphatic carbocycles. The van der Waals surface area contributed by atoms with Crippen LogP contribution in [0.5, 0.6) is 5.75 Å². The molecule has 0 aliphatic rings. The van der Waals surface area contributed by atoms with Gasteiger partial charge >= 0.3 is 0 Å². The first-order valence-electron chi connectivity index (χ1n) is 8.77. The first-order valence-corrected chi connectivity index (χ1v) is 9.77. The van der Waals surface area contributed by atoms with Crippen molar-refractivity contribution in [2.75, 3.05) is 7.11 Å². The van der Waals surface area contributed by atoms with E-state index in [0.29, 0.717) is 8.58 Å². The van der Waals surface area contributed by atoms with E-state index in [4.69, 9.17) is 4.74 Å². The van der Waals surface area contributed by atoms with E-state index in [1.165, 1.54) is 11.1 Å². The first kappa shape index (κ1) is 19.7. The van der Waals surface area contributed by atoms with Crippen molar-refractivity contribution >= 4 is 19.7 Å². The van der Waals surface area contributed by atoms with Gasteiger partial charge in [-0.25, -0.2) is 0 Å². The first-order chi connectivity index (χ1) is 11.7. The van der Waals surface area contributed by atoms with Crippen molar-refractivity contribution in [1.82, 2.24) is 0 Å². The third-order valence-electron chi connectivity index (χ3n) is 4.89. The Labute approximate surface area is 153 Å². The Morgan fingerprint density at radius 2 is 1.80 bits per heavy atom. The SMILES string of the molecule is CCC(C)(Pc1ccc(C)cc1C(C)=O)c1cc(C)cc(C)c1OC.